The molecular weight excluding hydrogens is 442 g/mol. The molecule has 0 spiro atoms. The number of aliphatic carboxylic acids is 1. The first-order valence-electron chi connectivity index (χ1n) is 12.0. The van der Waals surface area contributed by atoms with Crippen molar-refractivity contribution in [1.82, 2.24) is 19.7 Å². The van der Waals surface area contributed by atoms with Gasteiger partial charge in [-0.15, -0.1) is 0 Å². The molecule has 0 atom stereocenters. The number of nitrogens with zero attached hydrogens (tertiary/aromatic N) is 4. The molecule has 5 rings (SSSR count). The minimum Gasteiger partial charge on any atom is -0.481 e. The highest BCUT2D eigenvalue weighted by molar-refractivity contribution is 5.99. The fourth-order valence-electron chi connectivity index (χ4n) is 5.66. The van der Waals surface area contributed by atoms with Gasteiger partial charge < -0.3 is 14.4 Å². The highest BCUT2D eigenvalue weighted by Gasteiger charge is 2.36. The molecule has 8 heteroatoms. The highest BCUT2D eigenvalue weighted by atomic mass is 16.5. The molecule has 4 aromatic rings. The molecule has 1 saturated carbocycles. The number of nitriles is 1. The van der Waals surface area contributed by atoms with E-state index in [1.54, 1.807) is 13.3 Å². The third-order valence-corrected chi connectivity index (χ3v) is 7.40. The Morgan fingerprint density at radius 1 is 1.29 bits per heavy atom. The van der Waals surface area contributed by atoms with Crippen molar-refractivity contribution in [3.8, 4) is 17.6 Å². The Bertz CT molecular complexity index is 1450. The first-order valence-corrected chi connectivity index (χ1v) is 12.0. The number of hydrogen-bond acceptors (Lipinski definition) is 5. The fourth-order valence-corrected chi connectivity index (χ4v) is 5.66. The molecule has 8 nitrogen and oxygen atoms in total. The number of fused-ring (bicyclic) bond motifs is 2. The highest BCUT2D eigenvalue weighted by Crippen LogP contribution is 2.47. The SMILES string of the molecule is COc1cc(-n2c(C(C)(C)CC#N)c([C@H]3CC[C@@H](C(=O)O)CC3)c3cc4[nH]ncc4cc32)ccn1. The maximum absolute atomic E-state index is 11.6. The maximum atomic E-state index is 11.6. The number of carboxylic acid groups (broad SMARTS) is 1. The molecule has 2 N–H and O–H groups in total. The van der Waals surface area contributed by atoms with E-state index in [1.165, 1.54) is 5.56 Å². The van der Waals surface area contributed by atoms with E-state index in [9.17, 15) is 15.2 Å². The standard InChI is InChI=1S/C27H29N5O3/c1-27(2,9-10-28)25-24(16-4-6-17(7-5-16)26(33)34)20-14-21-18(15-30-31-21)12-22(20)32(25)19-8-11-29-23(13-19)35-3/h8,11-17H,4-7,9H2,1-3H3,(H,30,31)(H,33,34)/t16-,17+. The predicted octanol–water partition coefficient (Wildman–Crippen LogP) is 5.46. The first kappa shape index (κ1) is 22.9. The van der Waals surface area contributed by atoms with E-state index >= 15 is 0 Å². The lowest BCUT2D eigenvalue weighted by molar-refractivity contribution is -0.142. The van der Waals surface area contributed by atoms with Gasteiger partial charge in [-0.2, -0.15) is 10.4 Å². The molecule has 0 radical (unpaired) electrons. The summed E-state index contributed by atoms with van der Waals surface area (Å²) in [4.78, 5) is 15.9. The van der Waals surface area contributed by atoms with Crippen LogP contribution >= 0.6 is 0 Å². The molecule has 0 unspecified atom stereocenters. The van der Waals surface area contributed by atoms with Gasteiger partial charge in [0.25, 0.3) is 0 Å². The monoisotopic (exact) mass is 471 g/mol. The summed E-state index contributed by atoms with van der Waals surface area (Å²) >= 11 is 0. The van der Waals surface area contributed by atoms with Crippen molar-refractivity contribution < 1.29 is 14.6 Å². The lowest BCUT2D eigenvalue weighted by atomic mass is 9.74. The van der Waals surface area contributed by atoms with Gasteiger partial charge in [-0.25, -0.2) is 4.98 Å². The Morgan fingerprint density at radius 3 is 2.74 bits per heavy atom. The van der Waals surface area contributed by atoms with Crippen LogP contribution in [0.4, 0.5) is 0 Å². The Kier molecular flexibility index (Phi) is 5.72. The zero-order chi connectivity index (χ0) is 24.7. The second kappa shape index (κ2) is 8.73. The van der Waals surface area contributed by atoms with Gasteiger partial charge >= 0.3 is 5.97 Å². The van der Waals surface area contributed by atoms with Gasteiger partial charge in [0.1, 0.15) is 0 Å². The van der Waals surface area contributed by atoms with E-state index in [1.807, 2.05) is 18.3 Å². The Balaban J connectivity index is 1.83. The van der Waals surface area contributed by atoms with E-state index < -0.39 is 11.4 Å². The molecular formula is C27H29N5O3. The molecule has 1 aliphatic carbocycles. The molecule has 180 valence electrons. The number of rotatable bonds is 6. The minimum absolute atomic E-state index is 0.200. The number of hydrogen-bond donors (Lipinski definition) is 2. The number of aromatic nitrogens is 4. The number of H-pyrrole nitrogens is 1. The lowest BCUT2D eigenvalue weighted by Crippen LogP contribution is -2.25. The van der Waals surface area contributed by atoms with Gasteiger partial charge in [0.2, 0.25) is 5.88 Å². The maximum Gasteiger partial charge on any atom is 0.306 e. The van der Waals surface area contributed by atoms with Crippen LogP contribution < -0.4 is 4.74 Å². The predicted molar refractivity (Wildman–Crippen MR) is 133 cm³/mol. The van der Waals surface area contributed by atoms with E-state index in [2.05, 4.69) is 51.8 Å². The molecule has 35 heavy (non-hydrogen) atoms. The van der Waals surface area contributed by atoms with Crippen molar-refractivity contribution in [2.45, 2.75) is 57.3 Å². The number of ether oxygens (including phenoxy) is 1. The quantitative estimate of drug-likeness (QED) is 0.386. The number of benzene rings is 1. The average Bonchev–Trinajstić information content (AvgIpc) is 3.44. The minimum atomic E-state index is -0.709. The number of methoxy groups -OCH3 is 1. The van der Waals surface area contributed by atoms with Gasteiger partial charge in [-0.3, -0.25) is 9.89 Å². The zero-order valence-corrected chi connectivity index (χ0v) is 20.2. The summed E-state index contributed by atoms with van der Waals surface area (Å²) in [7, 11) is 1.60. The van der Waals surface area contributed by atoms with Crippen LogP contribution in [0, 0.1) is 17.2 Å². The zero-order valence-electron chi connectivity index (χ0n) is 20.2. The van der Waals surface area contributed by atoms with Crippen LogP contribution in [0.15, 0.2) is 36.7 Å². The molecule has 0 bridgehead atoms. The van der Waals surface area contributed by atoms with Crippen LogP contribution in [0.3, 0.4) is 0 Å². The number of carboxylic acids is 1. The summed E-state index contributed by atoms with van der Waals surface area (Å²) in [5, 5.41) is 28.7. The summed E-state index contributed by atoms with van der Waals surface area (Å²) in [5.74, 6) is -0.286. The van der Waals surface area contributed by atoms with E-state index in [0.717, 1.165) is 46.0 Å². The summed E-state index contributed by atoms with van der Waals surface area (Å²) in [6.07, 6.45) is 6.80. The molecule has 0 amide bonds. The molecule has 3 heterocycles. The lowest BCUT2D eigenvalue weighted by Gasteiger charge is -2.32. The Hall–Kier alpha value is -3.86. The van der Waals surface area contributed by atoms with Gasteiger partial charge in [0, 0.05) is 40.6 Å². The van der Waals surface area contributed by atoms with Crippen molar-refractivity contribution in [3.05, 3.63) is 47.9 Å². The van der Waals surface area contributed by atoms with Crippen LogP contribution in [0.2, 0.25) is 0 Å². The van der Waals surface area contributed by atoms with Crippen molar-refractivity contribution in [2.24, 2.45) is 5.92 Å². The molecule has 1 aromatic carbocycles. The first-order chi connectivity index (χ1) is 16.8. The van der Waals surface area contributed by atoms with Gasteiger partial charge in [0.15, 0.2) is 0 Å². The van der Waals surface area contributed by atoms with Gasteiger partial charge in [0.05, 0.1) is 42.0 Å². The molecule has 3 aromatic heterocycles. The third kappa shape index (κ3) is 3.91. The molecule has 0 aliphatic heterocycles. The number of aromatic amines is 1. The Labute approximate surface area is 203 Å². The fraction of sp³-hybridized carbons (Fsp3) is 0.407. The Morgan fingerprint density at radius 2 is 2.06 bits per heavy atom. The molecule has 1 aliphatic rings. The van der Waals surface area contributed by atoms with Gasteiger partial charge in [-0.1, -0.05) is 13.8 Å². The van der Waals surface area contributed by atoms with E-state index in [-0.39, 0.29) is 11.8 Å². The summed E-state index contributed by atoms with van der Waals surface area (Å²) in [5.41, 5.74) is 4.74. The third-order valence-electron chi connectivity index (χ3n) is 7.40. The number of carbonyl (C=O) groups is 1. The second-order valence-corrected chi connectivity index (χ2v) is 10.1. The van der Waals surface area contributed by atoms with E-state index in [0.29, 0.717) is 25.1 Å². The topological polar surface area (TPSA) is 117 Å². The summed E-state index contributed by atoms with van der Waals surface area (Å²) in [6, 6.07) is 10.5. The van der Waals surface area contributed by atoms with E-state index in [4.69, 9.17) is 4.74 Å². The molecule has 1 fully saturated rings. The number of nitrogens with one attached hydrogen (secondary N) is 1. The van der Waals surface area contributed by atoms with Crippen LogP contribution in [-0.4, -0.2) is 37.9 Å². The smallest absolute Gasteiger partial charge is 0.306 e. The van der Waals surface area contributed by atoms with Crippen LogP contribution in [-0.2, 0) is 10.2 Å². The van der Waals surface area contributed by atoms with Crippen molar-refractivity contribution in [2.75, 3.05) is 7.11 Å². The summed E-state index contributed by atoms with van der Waals surface area (Å²) < 4.78 is 7.67. The summed E-state index contributed by atoms with van der Waals surface area (Å²) in [6.45, 7) is 4.22. The van der Waals surface area contributed by atoms with Gasteiger partial charge in [-0.05, 0) is 55.4 Å². The van der Waals surface area contributed by atoms with Crippen molar-refractivity contribution in [3.63, 3.8) is 0 Å². The van der Waals surface area contributed by atoms with Crippen LogP contribution in [0.25, 0.3) is 27.5 Å². The van der Waals surface area contributed by atoms with Crippen molar-refractivity contribution in [1.29, 1.82) is 5.26 Å². The average molecular weight is 472 g/mol. The van der Waals surface area contributed by atoms with Crippen LogP contribution in [0.1, 0.15) is 63.1 Å². The second-order valence-electron chi connectivity index (χ2n) is 10.1. The number of pyridine rings is 1. The largest absolute Gasteiger partial charge is 0.481 e. The normalized spacial score (nSPS) is 18.6. The molecule has 0 saturated heterocycles. The van der Waals surface area contributed by atoms with Crippen molar-refractivity contribution >= 4 is 27.8 Å². The van der Waals surface area contributed by atoms with Crippen LogP contribution in [0.5, 0.6) is 5.88 Å².